The van der Waals surface area contributed by atoms with Gasteiger partial charge < -0.3 is 11.1 Å². The molecule has 0 aliphatic carbocycles. The number of aromatic nitrogens is 4. The Hall–Kier alpha value is -3.14. The molecule has 0 atom stereocenters. The lowest BCUT2D eigenvalue weighted by Gasteiger charge is -2.11. The molecule has 7 heteroatoms. The predicted molar refractivity (Wildman–Crippen MR) is 104 cm³/mol. The summed E-state index contributed by atoms with van der Waals surface area (Å²) in [4.78, 5) is 12.7. The Kier molecular flexibility index (Phi) is 5.03. The summed E-state index contributed by atoms with van der Waals surface area (Å²) in [6.45, 7) is 14.1. The lowest BCUT2D eigenvalue weighted by molar-refractivity contribution is 0.912. The topological polar surface area (TPSA) is 85.5 Å². The second-order valence-electron chi connectivity index (χ2n) is 6.30. The zero-order valence-electron chi connectivity index (χ0n) is 15.4. The van der Waals surface area contributed by atoms with Crippen LogP contribution in [0, 0.1) is 20.4 Å². The Morgan fingerprint density at radius 2 is 2.04 bits per heavy atom. The van der Waals surface area contributed by atoms with Crippen molar-refractivity contribution < 1.29 is 0 Å². The fourth-order valence-corrected chi connectivity index (χ4v) is 3.03. The molecule has 0 amide bonds. The molecule has 3 N–H and O–H groups in total. The number of nitrogens with two attached hydrogens (primary N) is 1. The van der Waals surface area contributed by atoms with Crippen molar-refractivity contribution in [2.24, 2.45) is 0 Å². The first kappa shape index (κ1) is 17.7. The SMILES string of the molecule is [C-]#[N+]c1c(NCCc2cccc(C)n2)nc2c(CCC)c(C)nn2c1N. The highest BCUT2D eigenvalue weighted by Gasteiger charge is 2.18. The van der Waals surface area contributed by atoms with Crippen molar-refractivity contribution in [1.82, 2.24) is 19.6 Å². The van der Waals surface area contributed by atoms with Crippen LogP contribution in [0.15, 0.2) is 18.2 Å². The summed E-state index contributed by atoms with van der Waals surface area (Å²) in [6.07, 6.45) is 2.62. The number of nitrogen functional groups attached to an aromatic ring is 1. The van der Waals surface area contributed by atoms with Crippen LogP contribution < -0.4 is 11.1 Å². The Bertz CT molecular complexity index is 982. The molecule has 0 fully saturated rings. The molecule has 0 spiro atoms. The van der Waals surface area contributed by atoms with Gasteiger partial charge in [0, 0.05) is 29.9 Å². The van der Waals surface area contributed by atoms with Gasteiger partial charge in [0.25, 0.3) is 5.69 Å². The first-order valence-electron chi connectivity index (χ1n) is 8.76. The molecule has 0 aliphatic rings. The molecule has 0 saturated heterocycles. The number of aryl methyl sites for hydroxylation is 3. The molecular weight excluding hydrogens is 326 g/mol. The van der Waals surface area contributed by atoms with E-state index in [1.807, 2.05) is 32.0 Å². The number of nitrogens with one attached hydrogen (secondary N) is 1. The van der Waals surface area contributed by atoms with E-state index in [0.717, 1.165) is 47.6 Å². The van der Waals surface area contributed by atoms with Crippen molar-refractivity contribution in [2.75, 3.05) is 17.6 Å². The minimum Gasteiger partial charge on any atom is -0.392 e. The van der Waals surface area contributed by atoms with Gasteiger partial charge in [-0.2, -0.15) is 5.10 Å². The van der Waals surface area contributed by atoms with E-state index in [1.165, 1.54) is 0 Å². The highest BCUT2D eigenvalue weighted by atomic mass is 15.3. The van der Waals surface area contributed by atoms with Crippen LogP contribution in [-0.2, 0) is 12.8 Å². The van der Waals surface area contributed by atoms with E-state index < -0.39 is 0 Å². The molecule has 0 aliphatic heterocycles. The number of pyridine rings is 1. The van der Waals surface area contributed by atoms with E-state index in [1.54, 1.807) is 4.52 Å². The molecular formula is C19H23N7. The minimum absolute atomic E-state index is 0.306. The largest absolute Gasteiger partial charge is 0.392 e. The molecule has 0 bridgehead atoms. The highest BCUT2D eigenvalue weighted by molar-refractivity contribution is 5.80. The van der Waals surface area contributed by atoms with Gasteiger partial charge >= 0.3 is 0 Å². The monoisotopic (exact) mass is 349 g/mol. The standard InChI is InChI=1S/C19H23N7/c1-5-7-15-13(3)25-26-17(20)16(21-4)18(24-19(15)26)22-11-10-14-9-6-8-12(2)23-14/h6,8-9H,5,7,10-11,20H2,1-3H3,(H,22,24). The molecule has 3 heterocycles. The third-order valence-corrected chi connectivity index (χ3v) is 4.30. The van der Waals surface area contributed by atoms with Gasteiger partial charge in [-0.25, -0.2) is 14.3 Å². The Balaban J connectivity index is 1.91. The van der Waals surface area contributed by atoms with E-state index in [9.17, 15) is 0 Å². The van der Waals surface area contributed by atoms with Crippen LogP contribution >= 0.6 is 0 Å². The molecule has 0 saturated carbocycles. The molecule has 3 aromatic rings. The van der Waals surface area contributed by atoms with E-state index >= 15 is 0 Å². The molecule has 134 valence electrons. The maximum absolute atomic E-state index is 7.48. The zero-order chi connectivity index (χ0) is 18.7. The normalized spacial score (nSPS) is 10.8. The lowest BCUT2D eigenvalue weighted by atomic mass is 10.1. The first-order chi connectivity index (χ1) is 12.5. The third-order valence-electron chi connectivity index (χ3n) is 4.30. The quantitative estimate of drug-likeness (QED) is 0.666. The van der Waals surface area contributed by atoms with Crippen molar-refractivity contribution in [3.8, 4) is 0 Å². The maximum Gasteiger partial charge on any atom is 0.268 e. The summed E-state index contributed by atoms with van der Waals surface area (Å²) in [5.74, 6) is 0.835. The minimum atomic E-state index is 0.306. The van der Waals surface area contributed by atoms with Gasteiger partial charge in [0.1, 0.15) is 11.6 Å². The number of anilines is 2. The average Bonchev–Trinajstić information content (AvgIpc) is 2.92. The van der Waals surface area contributed by atoms with Crippen molar-refractivity contribution in [2.45, 2.75) is 40.0 Å². The van der Waals surface area contributed by atoms with E-state index in [-0.39, 0.29) is 0 Å². The van der Waals surface area contributed by atoms with Gasteiger partial charge in [-0.05, 0) is 32.4 Å². The Morgan fingerprint density at radius 3 is 2.73 bits per heavy atom. The van der Waals surface area contributed by atoms with Crippen molar-refractivity contribution in [1.29, 1.82) is 0 Å². The number of rotatable bonds is 6. The van der Waals surface area contributed by atoms with Gasteiger partial charge in [-0.3, -0.25) is 4.98 Å². The first-order valence-corrected chi connectivity index (χ1v) is 8.76. The predicted octanol–water partition coefficient (Wildman–Crippen LogP) is 3.48. The molecule has 0 unspecified atom stereocenters. The van der Waals surface area contributed by atoms with Gasteiger partial charge in [0.15, 0.2) is 5.65 Å². The lowest BCUT2D eigenvalue weighted by Crippen LogP contribution is -2.10. The van der Waals surface area contributed by atoms with Gasteiger partial charge in [-0.15, -0.1) is 0 Å². The summed E-state index contributed by atoms with van der Waals surface area (Å²) >= 11 is 0. The third kappa shape index (κ3) is 3.31. The van der Waals surface area contributed by atoms with Crippen molar-refractivity contribution in [3.63, 3.8) is 0 Å². The van der Waals surface area contributed by atoms with Crippen molar-refractivity contribution in [3.05, 3.63) is 52.3 Å². The average molecular weight is 349 g/mol. The van der Waals surface area contributed by atoms with Gasteiger partial charge in [0.2, 0.25) is 0 Å². The zero-order valence-corrected chi connectivity index (χ0v) is 15.4. The van der Waals surface area contributed by atoms with E-state index in [0.29, 0.717) is 23.9 Å². The number of nitrogens with zero attached hydrogens (tertiary/aromatic N) is 5. The van der Waals surface area contributed by atoms with Crippen LogP contribution in [0.4, 0.5) is 17.3 Å². The summed E-state index contributed by atoms with van der Waals surface area (Å²) in [5, 5.41) is 7.72. The Morgan fingerprint density at radius 1 is 1.23 bits per heavy atom. The summed E-state index contributed by atoms with van der Waals surface area (Å²) in [6, 6.07) is 5.97. The van der Waals surface area contributed by atoms with Crippen molar-refractivity contribution >= 4 is 23.0 Å². The summed E-state index contributed by atoms with van der Waals surface area (Å²) < 4.78 is 1.58. The van der Waals surface area contributed by atoms with Crippen LogP contribution in [0.1, 0.15) is 36.0 Å². The molecule has 3 aromatic heterocycles. The second-order valence-corrected chi connectivity index (χ2v) is 6.30. The van der Waals surface area contributed by atoms with Crippen LogP contribution in [0.25, 0.3) is 10.5 Å². The van der Waals surface area contributed by atoms with Gasteiger partial charge in [0.05, 0.1) is 12.3 Å². The van der Waals surface area contributed by atoms with Crippen LogP contribution in [0.3, 0.4) is 0 Å². The summed E-state index contributed by atoms with van der Waals surface area (Å²) in [5.41, 5.74) is 11.2. The molecule has 0 aromatic carbocycles. The van der Waals surface area contributed by atoms with E-state index in [2.05, 4.69) is 32.2 Å². The fraction of sp³-hybridized carbons (Fsp3) is 0.368. The molecule has 0 radical (unpaired) electrons. The van der Waals surface area contributed by atoms with Crippen LogP contribution in [-0.4, -0.2) is 26.1 Å². The number of hydrogen-bond donors (Lipinski definition) is 2. The molecule has 26 heavy (non-hydrogen) atoms. The number of fused-ring (bicyclic) bond motifs is 1. The second kappa shape index (κ2) is 7.40. The molecule has 3 rings (SSSR count). The Labute approximate surface area is 153 Å². The van der Waals surface area contributed by atoms with E-state index in [4.69, 9.17) is 12.3 Å². The molecule has 7 nitrogen and oxygen atoms in total. The van der Waals surface area contributed by atoms with Crippen LogP contribution in [0.2, 0.25) is 0 Å². The van der Waals surface area contributed by atoms with Gasteiger partial charge in [-0.1, -0.05) is 19.4 Å². The highest BCUT2D eigenvalue weighted by Crippen LogP contribution is 2.32. The summed E-state index contributed by atoms with van der Waals surface area (Å²) in [7, 11) is 0. The fourth-order valence-electron chi connectivity index (χ4n) is 3.03. The van der Waals surface area contributed by atoms with Crippen LogP contribution in [0.5, 0.6) is 0 Å². The smallest absolute Gasteiger partial charge is 0.268 e. The maximum atomic E-state index is 7.48. The number of hydrogen-bond acceptors (Lipinski definition) is 5.